The van der Waals surface area contributed by atoms with Gasteiger partial charge in [-0.25, -0.2) is 4.79 Å². The molecule has 2 rings (SSSR count). The van der Waals surface area contributed by atoms with E-state index in [0.717, 1.165) is 12.2 Å². The summed E-state index contributed by atoms with van der Waals surface area (Å²) in [6.45, 7) is 5.61. The molecule has 0 radical (unpaired) electrons. The molecule has 0 spiro atoms. The van der Waals surface area contributed by atoms with Crippen LogP contribution in [0.15, 0.2) is 24.3 Å². The molecular formula is C15H22N2O2. The number of likely N-dealkylation sites (tertiary alicyclic amines) is 1. The summed E-state index contributed by atoms with van der Waals surface area (Å²) in [6.07, 6.45) is 3.97. The molecule has 1 unspecified atom stereocenters. The highest BCUT2D eigenvalue weighted by molar-refractivity contribution is 5.87. The number of carboxylic acid groups (broad SMARTS) is 1. The number of hydrogen-bond donors (Lipinski definition) is 2. The smallest absolute Gasteiger partial charge is 0.335 e. The molecular weight excluding hydrogens is 240 g/mol. The Hall–Kier alpha value is -1.55. The lowest BCUT2D eigenvalue weighted by Gasteiger charge is -2.29. The molecule has 4 nitrogen and oxygen atoms in total. The zero-order valence-corrected chi connectivity index (χ0v) is 11.4. The van der Waals surface area contributed by atoms with E-state index in [1.807, 2.05) is 12.1 Å². The molecule has 1 aliphatic rings. The van der Waals surface area contributed by atoms with Crippen LogP contribution in [0.2, 0.25) is 0 Å². The molecule has 1 aliphatic heterocycles. The highest BCUT2D eigenvalue weighted by Gasteiger charge is 2.13. The number of hydrogen-bond acceptors (Lipinski definition) is 3. The van der Waals surface area contributed by atoms with E-state index in [1.54, 1.807) is 12.1 Å². The molecule has 1 aromatic rings. The van der Waals surface area contributed by atoms with Crippen LogP contribution in [0.1, 0.15) is 36.5 Å². The van der Waals surface area contributed by atoms with Crippen LogP contribution in [0, 0.1) is 0 Å². The highest BCUT2D eigenvalue weighted by Crippen LogP contribution is 2.13. The van der Waals surface area contributed by atoms with Crippen molar-refractivity contribution in [3.63, 3.8) is 0 Å². The maximum Gasteiger partial charge on any atom is 0.335 e. The van der Waals surface area contributed by atoms with Crippen LogP contribution in [0.3, 0.4) is 0 Å². The first-order chi connectivity index (χ1) is 9.15. The van der Waals surface area contributed by atoms with Crippen LogP contribution in [0.25, 0.3) is 0 Å². The van der Waals surface area contributed by atoms with Gasteiger partial charge < -0.3 is 15.3 Å². The number of carboxylic acids is 1. The monoisotopic (exact) mass is 262 g/mol. The van der Waals surface area contributed by atoms with Crippen LogP contribution >= 0.6 is 0 Å². The second kappa shape index (κ2) is 6.57. The highest BCUT2D eigenvalue weighted by atomic mass is 16.4. The first kappa shape index (κ1) is 13.9. The molecule has 1 saturated heterocycles. The molecule has 0 amide bonds. The SMILES string of the molecule is CC(CN1CCCCC1)Nc1ccc(C(=O)O)cc1. The maximum absolute atomic E-state index is 10.8. The molecule has 19 heavy (non-hydrogen) atoms. The predicted octanol–water partition coefficient (Wildman–Crippen LogP) is 2.67. The van der Waals surface area contributed by atoms with E-state index in [2.05, 4.69) is 17.1 Å². The van der Waals surface area contributed by atoms with E-state index in [9.17, 15) is 4.79 Å². The zero-order valence-electron chi connectivity index (χ0n) is 11.4. The fourth-order valence-electron chi connectivity index (χ4n) is 2.57. The number of aromatic carboxylic acids is 1. The van der Waals surface area contributed by atoms with Crippen molar-refractivity contribution < 1.29 is 9.90 Å². The Morgan fingerprint density at radius 2 is 1.89 bits per heavy atom. The van der Waals surface area contributed by atoms with Gasteiger partial charge in [0.05, 0.1) is 5.56 Å². The molecule has 4 heteroatoms. The Kier molecular flexibility index (Phi) is 4.80. The number of anilines is 1. The number of nitrogens with zero attached hydrogens (tertiary/aromatic N) is 1. The molecule has 1 fully saturated rings. The second-order valence-electron chi connectivity index (χ2n) is 5.29. The van der Waals surface area contributed by atoms with Crippen LogP contribution in [-0.2, 0) is 0 Å². The van der Waals surface area contributed by atoms with Crippen LogP contribution in [0.5, 0.6) is 0 Å². The molecule has 1 heterocycles. The van der Waals surface area contributed by atoms with Crippen molar-refractivity contribution in [2.75, 3.05) is 25.0 Å². The lowest BCUT2D eigenvalue weighted by molar-refractivity contribution is 0.0697. The quantitative estimate of drug-likeness (QED) is 0.856. The maximum atomic E-state index is 10.8. The van der Waals surface area contributed by atoms with Gasteiger partial charge in [0, 0.05) is 18.3 Å². The molecule has 104 valence electrons. The van der Waals surface area contributed by atoms with Crippen molar-refractivity contribution in [1.29, 1.82) is 0 Å². The summed E-state index contributed by atoms with van der Waals surface area (Å²) in [6, 6.07) is 7.30. The normalized spacial score (nSPS) is 17.9. The summed E-state index contributed by atoms with van der Waals surface area (Å²) in [7, 11) is 0. The van der Waals surface area contributed by atoms with Gasteiger partial charge in [0.1, 0.15) is 0 Å². The molecule has 1 atom stereocenters. The molecule has 0 bridgehead atoms. The lowest BCUT2D eigenvalue weighted by atomic mass is 10.1. The summed E-state index contributed by atoms with van der Waals surface area (Å²) >= 11 is 0. The van der Waals surface area contributed by atoms with Crippen molar-refractivity contribution >= 4 is 11.7 Å². The Labute approximate surface area is 114 Å². The van der Waals surface area contributed by atoms with Crippen LogP contribution < -0.4 is 5.32 Å². The molecule has 0 saturated carbocycles. The number of piperidine rings is 1. The minimum Gasteiger partial charge on any atom is -0.478 e. The third-order valence-electron chi connectivity index (χ3n) is 3.53. The van der Waals surface area contributed by atoms with E-state index < -0.39 is 5.97 Å². The Bertz CT molecular complexity index is 411. The van der Waals surface area contributed by atoms with E-state index >= 15 is 0 Å². The minimum atomic E-state index is -0.882. The fraction of sp³-hybridized carbons (Fsp3) is 0.533. The number of rotatable bonds is 5. The van der Waals surface area contributed by atoms with Gasteiger partial charge >= 0.3 is 5.97 Å². The standard InChI is InChI=1S/C15H22N2O2/c1-12(11-17-9-3-2-4-10-17)16-14-7-5-13(6-8-14)15(18)19/h5-8,12,16H,2-4,9-11H2,1H3,(H,18,19). The summed E-state index contributed by atoms with van der Waals surface area (Å²) in [5.41, 5.74) is 1.31. The Morgan fingerprint density at radius 3 is 2.47 bits per heavy atom. The number of nitrogens with one attached hydrogen (secondary N) is 1. The van der Waals surface area contributed by atoms with Gasteiger partial charge in [-0.1, -0.05) is 6.42 Å². The van der Waals surface area contributed by atoms with Crippen molar-refractivity contribution in [2.45, 2.75) is 32.2 Å². The lowest BCUT2D eigenvalue weighted by Crippen LogP contribution is -2.38. The summed E-state index contributed by atoms with van der Waals surface area (Å²) in [5, 5.41) is 12.3. The third-order valence-corrected chi connectivity index (χ3v) is 3.53. The van der Waals surface area contributed by atoms with Crippen molar-refractivity contribution in [3.8, 4) is 0 Å². The summed E-state index contributed by atoms with van der Waals surface area (Å²) in [5.74, 6) is -0.882. The van der Waals surface area contributed by atoms with Gasteiger partial charge in [0.25, 0.3) is 0 Å². The van der Waals surface area contributed by atoms with E-state index in [0.29, 0.717) is 11.6 Å². The Balaban J connectivity index is 1.83. The van der Waals surface area contributed by atoms with Gasteiger partial charge in [-0.2, -0.15) is 0 Å². The molecule has 2 N–H and O–H groups in total. The summed E-state index contributed by atoms with van der Waals surface area (Å²) in [4.78, 5) is 13.3. The zero-order chi connectivity index (χ0) is 13.7. The second-order valence-corrected chi connectivity index (χ2v) is 5.29. The van der Waals surface area contributed by atoms with Gasteiger partial charge in [-0.15, -0.1) is 0 Å². The summed E-state index contributed by atoms with van der Waals surface area (Å²) < 4.78 is 0. The topological polar surface area (TPSA) is 52.6 Å². The number of carbonyl (C=O) groups is 1. The Morgan fingerprint density at radius 1 is 1.26 bits per heavy atom. The average Bonchev–Trinajstić information content (AvgIpc) is 2.40. The van der Waals surface area contributed by atoms with Gasteiger partial charge in [-0.05, 0) is 57.1 Å². The first-order valence-corrected chi connectivity index (χ1v) is 6.97. The van der Waals surface area contributed by atoms with Gasteiger partial charge in [0.15, 0.2) is 0 Å². The van der Waals surface area contributed by atoms with E-state index in [1.165, 1.54) is 32.4 Å². The fourth-order valence-corrected chi connectivity index (χ4v) is 2.57. The van der Waals surface area contributed by atoms with E-state index in [4.69, 9.17) is 5.11 Å². The minimum absolute atomic E-state index is 0.328. The van der Waals surface area contributed by atoms with Gasteiger partial charge in [-0.3, -0.25) is 0 Å². The number of benzene rings is 1. The first-order valence-electron chi connectivity index (χ1n) is 6.97. The molecule has 0 aromatic heterocycles. The van der Waals surface area contributed by atoms with Crippen LogP contribution in [0.4, 0.5) is 5.69 Å². The van der Waals surface area contributed by atoms with Crippen molar-refractivity contribution in [3.05, 3.63) is 29.8 Å². The third kappa shape index (κ3) is 4.24. The largest absolute Gasteiger partial charge is 0.478 e. The molecule has 1 aromatic carbocycles. The average molecular weight is 262 g/mol. The van der Waals surface area contributed by atoms with E-state index in [-0.39, 0.29) is 0 Å². The van der Waals surface area contributed by atoms with Crippen LogP contribution in [-0.4, -0.2) is 41.7 Å². The predicted molar refractivity (Wildman–Crippen MR) is 76.8 cm³/mol. The van der Waals surface area contributed by atoms with Gasteiger partial charge in [0.2, 0.25) is 0 Å². The van der Waals surface area contributed by atoms with Crippen molar-refractivity contribution in [2.24, 2.45) is 0 Å². The molecule has 0 aliphatic carbocycles. The van der Waals surface area contributed by atoms with Crippen molar-refractivity contribution in [1.82, 2.24) is 4.90 Å².